The minimum absolute atomic E-state index is 0.0171. The molecule has 1 saturated heterocycles. The minimum atomic E-state index is -1.19. The van der Waals surface area contributed by atoms with E-state index in [4.69, 9.17) is 20.1 Å². The number of hydrogen-bond donors (Lipinski definition) is 3. The molecule has 1 heterocycles. The quantitative estimate of drug-likeness (QED) is 0.420. The molecule has 1 aliphatic heterocycles. The van der Waals surface area contributed by atoms with Gasteiger partial charge in [-0.1, -0.05) is 0 Å². The molecule has 4 atom stereocenters. The van der Waals surface area contributed by atoms with Crippen LogP contribution in [0.4, 0.5) is 0 Å². The highest BCUT2D eigenvalue weighted by Crippen LogP contribution is 2.15. The Kier molecular flexibility index (Phi) is 2.80. The SMILES string of the molecule is CO[C@H]1OC[C@@H](O)[C@H](O)[C@H]1O. The molecule has 0 saturated carbocycles. The van der Waals surface area contributed by atoms with Crippen molar-refractivity contribution in [2.45, 2.75) is 24.6 Å². The number of hydrogen-bond acceptors (Lipinski definition) is 5. The van der Waals surface area contributed by atoms with Crippen molar-refractivity contribution < 1.29 is 24.8 Å². The Labute approximate surface area is 64.2 Å². The van der Waals surface area contributed by atoms with Crippen LogP contribution < -0.4 is 0 Å². The molecule has 0 aromatic heterocycles. The van der Waals surface area contributed by atoms with Crippen LogP contribution in [0.2, 0.25) is 0 Å². The van der Waals surface area contributed by atoms with Gasteiger partial charge in [0.2, 0.25) is 0 Å². The molecule has 1 aliphatic rings. The molecule has 0 amide bonds. The Bertz CT molecular complexity index is 126. The topological polar surface area (TPSA) is 79.2 Å². The zero-order valence-electron chi connectivity index (χ0n) is 6.17. The van der Waals surface area contributed by atoms with Crippen molar-refractivity contribution in [1.29, 1.82) is 0 Å². The Morgan fingerprint density at radius 3 is 2.45 bits per heavy atom. The average molecular weight is 164 g/mol. The van der Waals surface area contributed by atoms with Crippen molar-refractivity contribution >= 4 is 0 Å². The Hall–Kier alpha value is -0.200. The molecule has 0 aromatic carbocycles. The molecule has 5 nitrogen and oxygen atoms in total. The lowest BCUT2D eigenvalue weighted by atomic mass is 10.1. The van der Waals surface area contributed by atoms with Crippen molar-refractivity contribution in [3.8, 4) is 0 Å². The van der Waals surface area contributed by atoms with Gasteiger partial charge in [-0.15, -0.1) is 0 Å². The smallest absolute Gasteiger partial charge is 0.185 e. The summed E-state index contributed by atoms with van der Waals surface area (Å²) in [6.45, 7) is -0.0171. The summed E-state index contributed by atoms with van der Waals surface area (Å²) in [5.74, 6) is 0. The maximum atomic E-state index is 9.15. The number of aliphatic hydroxyl groups excluding tert-OH is 3. The second-order valence-corrected chi connectivity index (χ2v) is 2.49. The highest BCUT2D eigenvalue weighted by Gasteiger charge is 2.37. The average Bonchev–Trinajstić information content (AvgIpc) is 2.01. The highest BCUT2D eigenvalue weighted by molar-refractivity contribution is 4.81. The summed E-state index contributed by atoms with van der Waals surface area (Å²) in [6.07, 6.45) is -4.23. The molecule has 66 valence electrons. The molecule has 0 aliphatic carbocycles. The summed E-state index contributed by atoms with van der Waals surface area (Å²) in [4.78, 5) is 0. The summed E-state index contributed by atoms with van der Waals surface area (Å²) in [6, 6.07) is 0. The molecule has 0 aromatic rings. The van der Waals surface area contributed by atoms with E-state index in [1.165, 1.54) is 7.11 Å². The van der Waals surface area contributed by atoms with Gasteiger partial charge in [0, 0.05) is 7.11 Å². The van der Waals surface area contributed by atoms with Crippen LogP contribution in [0.5, 0.6) is 0 Å². The molecule has 1 rings (SSSR count). The number of methoxy groups -OCH3 is 1. The first-order valence-electron chi connectivity index (χ1n) is 3.35. The van der Waals surface area contributed by atoms with Crippen LogP contribution in [0.25, 0.3) is 0 Å². The molecule has 0 unspecified atom stereocenters. The van der Waals surface area contributed by atoms with Gasteiger partial charge in [0.1, 0.15) is 18.3 Å². The first-order chi connectivity index (χ1) is 5.16. The fraction of sp³-hybridized carbons (Fsp3) is 1.00. The van der Waals surface area contributed by atoms with E-state index in [-0.39, 0.29) is 6.61 Å². The van der Waals surface area contributed by atoms with E-state index in [9.17, 15) is 0 Å². The van der Waals surface area contributed by atoms with Gasteiger partial charge in [0.15, 0.2) is 6.29 Å². The van der Waals surface area contributed by atoms with Gasteiger partial charge in [-0.3, -0.25) is 0 Å². The van der Waals surface area contributed by atoms with Gasteiger partial charge in [-0.2, -0.15) is 0 Å². The molecule has 1 fully saturated rings. The van der Waals surface area contributed by atoms with Gasteiger partial charge in [0.05, 0.1) is 6.61 Å². The zero-order valence-corrected chi connectivity index (χ0v) is 6.17. The van der Waals surface area contributed by atoms with Crippen LogP contribution in [0.1, 0.15) is 0 Å². The number of rotatable bonds is 1. The van der Waals surface area contributed by atoms with Crippen LogP contribution >= 0.6 is 0 Å². The third-order valence-electron chi connectivity index (χ3n) is 1.69. The highest BCUT2D eigenvalue weighted by atomic mass is 16.7. The van der Waals surface area contributed by atoms with Crippen LogP contribution in [-0.4, -0.2) is 53.6 Å². The maximum absolute atomic E-state index is 9.15. The Morgan fingerprint density at radius 1 is 1.27 bits per heavy atom. The first-order valence-corrected chi connectivity index (χ1v) is 3.35. The standard InChI is InChI=1S/C6H12O5/c1-10-6-5(9)4(8)3(7)2-11-6/h3-9H,2H2,1H3/t3-,4+,5-,6+/m1/s1. The molecular weight excluding hydrogens is 152 g/mol. The molecule has 0 spiro atoms. The van der Waals surface area contributed by atoms with Gasteiger partial charge < -0.3 is 24.8 Å². The zero-order chi connectivity index (χ0) is 8.43. The Morgan fingerprint density at radius 2 is 1.91 bits per heavy atom. The summed E-state index contributed by atoms with van der Waals surface area (Å²) in [5, 5.41) is 27.2. The predicted octanol–water partition coefficient (Wildman–Crippen LogP) is -1.93. The monoisotopic (exact) mass is 164 g/mol. The lowest BCUT2D eigenvalue weighted by Crippen LogP contribution is -2.53. The molecular formula is C6H12O5. The summed E-state index contributed by atoms with van der Waals surface area (Å²) in [7, 11) is 1.36. The first kappa shape index (κ1) is 8.89. The van der Waals surface area contributed by atoms with Gasteiger partial charge >= 0.3 is 0 Å². The number of aliphatic hydroxyl groups is 3. The van der Waals surface area contributed by atoms with Crippen molar-refractivity contribution in [1.82, 2.24) is 0 Å². The third-order valence-corrected chi connectivity index (χ3v) is 1.69. The minimum Gasteiger partial charge on any atom is -0.388 e. The fourth-order valence-corrected chi connectivity index (χ4v) is 0.987. The molecule has 0 bridgehead atoms. The van der Waals surface area contributed by atoms with Crippen molar-refractivity contribution in [3.63, 3.8) is 0 Å². The molecule has 3 N–H and O–H groups in total. The van der Waals surface area contributed by atoms with E-state index in [1.807, 2.05) is 0 Å². The molecule has 5 heteroatoms. The van der Waals surface area contributed by atoms with Crippen molar-refractivity contribution in [3.05, 3.63) is 0 Å². The normalized spacial score (nSPS) is 45.8. The molecule has 11 heavy (non-hydrogen) atoms. The second-order valence-electron chi connectivity index (χ2n) is 2.49. The fourth-order valence-electron chi connectivity index (χ4n) is 0.987. The van der Waals surface area contributed by atoms with Gasteiger partial charge in [0.25, 0.3) is 0 Å². The lowest BCUT2D eigenvalue weighted by molar-refractivity contribution is -0.261. The summed E-state index contributed by atoms with van der Waals surface area (Å²) < 4.78 is 9.52. The second kappa shape index (κ2) is 3.46. The van der Waals surface area contributed by atoms with Gasteiger partial charge in [-0.05, 0) is 0 Å². The van der Waals surface area contributed by atoms with Crippen LogP contribution in [0.3, 0.4) is 0 Å². The Balaban J connectivity index is 2.52. The van der Waals surface area contributed by atoms with Crippen molar-refractivity contribution in [2.24, 2.45) is 0 Å². The summed E-state index contributed by atoms with van der Waals surface area (Å²) >= 11 is 0. The third kappa shape index (κ3) is 1.69. The molecule has 0 radical (unpaired) electrons. The largest absolute Gasteiger partial charge is 0.388 e. The van der Waals surface area contributed by atoms with Crippen LogP contribution in [0.15, 0.2) is 0 Å². The van der Waals surface area contributed by atoms with E-state index in [1.54, 1.807) is 0 Å². The van der Waals surface area contributed by atoms with E-state index < -0.39 is 24.6 Å². The van der Waals surface area contributed by atoms with Gasteiger partial charge in [-0.25, -0.2) is 0 Å². The van der Waals surface area contributed by atoms with E-state index in [0.717, 1.165) is 0 Å². The predicted molar refractivity (Wildman–Crippen MR) is 34.8 cm³/mol. The van der Waals surface area contributed by atoms with E-state index >= 15 is 0 Å². The van der Waals surface area contributed by atoms with Crippen molar-refractivity contribution in [2.75, 3.05) is 13.7 Å². The number of ether oxygens (including phenoxy) is 2. The van der Waals surface area contributed by atoms with Crippen LogP contribution in [0, 0.1) is 0 Å². The lowest BCUT2D eigenvalue weighted by Gasteiger charge is -2.33. The van der Waals surface area contributed by atoms with E-state index in [0.29, 0.717) is 0 Å². The summed E-state index contributed by atoms with van der Waals surface area (Å²) in [5.41, 5.74) is 0. The maximum Gasteiger partial charge on any atom is 0.185 e. The van der Waals surface area contributed by atoms with E-state index in [2.05, 4.69) is 4.74 Å². The van der Waals surface area contributed by atoms with Crippen LogP contribution in [-0.2, 0) is 9.47 Å².